The van der Waals surface area contributed by atoms with Crippen molar-refractivity contribution >= 4 is 5.97 Å². The summed E-state index contributed by atoms with van der Waals surface area (Å²) in [5.74, 6) is -0.781. The number of fused-ring (bicyclic) bond motifs is 3. The highest BCUT2D eigenvalue weighted by Crippen LogP contribution is 2.51. The quantitative estimate of drug-likeness (QED) is 0.847. The van der Waals surface area contributed by atoms with Crippen molar-refractivity contribution in [3.8, 4) is 11.1 Å². The predicted octanol–water partition coefficient (Wildman–Crippen LogP) is 4.00. The van der Waals surface area contributed by atoms with Crippen LogP contribution in [0.3, 0.4) is 0 Å². The van der Waals surface area contributed by atoms with Crippen molar-refractivity contribution in [3.63, 3.8) is 0 Å². The lowest BCUT2D eigenvalue weighted by Gasteiger charge is -2.26. The molecular weight excluding hydrogens is 248 g/mol. The molecule has 0 aliphatic heterocycles. The molecule has 1 aliphatic rings. The van der Waals surface area contributed by atoms with Crippen molar-refractivity contribution in [2.24, 2.45) is 0 Å². The lowest BCUT2D eigenvalue weighted by atomic mass is 9.74. The van der Waals surface area contributed by atoms with Crippen LogP contribution in [-0.4, -0.2) is 11.1 Å². The third-order valence-electron chi connectivity index (χ3n) is 4.15. The molecule has 0 spiro atoms. The highest BCUT2D eigenvalue weighted by atomic mass is 16.4. The lowest BCUT2D eigenvalue weighted by Crippen LogP contribution is -2.35. The molecule has 2 heteroatoms. The predicted molar refractivity (Wildman–Crippen MR) is 79.7 cm³/mol. The molecule has 2 aromatic rings. The van der Waals surface area contributed by atoms with Crippen molar-refractivity contribution < 1.29 is 9.90 Å². The first-order chi connectivity index (χ1) is 9.71. The van der Waals surface area contributed by atoms with Crippen molar-refractivity contribution in [1.29, 1.82) is 0 Å². The molecule has 0 fully saturated rings. The van der Waals surface area contributed by atoms with Crippen LogP contribution in [0, 0.1) is 0 Å². The van der Waals surface area contributed by atoms with Gasteiger partial charge >= 0.3 is 5.97 Å². The van der Waals surface area contributed by atoms with E-state index in [0.717, 1.165) is 22.3 Å². The van der Waals surface area contributed by atoms with Crippen molar-refractivity contribution in [2.45, 2.75) is 18.3 Å². The Hall–Kier alpha value is -2.35. The Balaban J connectivity index is 2.33. The summed E-state index contributed by atoms with van der Waals surface area (Å²) in [7, 11) is 0. The van der Waals surface area contributed by atoms with Crippen molar-refractivity contribution in [3.05, 3.63) is 72.3 Å². The second-order valence-corrected chi connectivity index (χ2v) is 5.13. The van der Waals surface area contributed by atoms with E-state index < -0.39 is 11.4 Å². The van der Waals surface area contributed by atoms with E-state index in [0.29, 0.717) is 12.8 Å². The van der Waals surface area contributed by atoms with Crippen LogP contribution in [0.5, 0.6) is 0 Å². The molecule has 100 valence electrons. The Morgan fingerprint density at radius 1 is 1.05 bits per heavy atom. The van der Waals surface area contributed by atoms with E-state index in [1.54, 1.807) is 6.08 Å². The summed E-state index contributed by atoms with van der Waals surface area (Å²) < 4.78 is 0. The van der Waals surface area contributed by atoms with Gasteiger partial charge in [0.1, 0.15) is 5.41 Å². The van der Waals surface area contributed by atoms with E-state index in [4.69, 9.17) is 0 Å². The number of hydrogen-bond donors (Lipinski definition) is 1. The van der Waals surface area contributed by atoms with Gasteiger partial charge in [-0.1, -0.05) is 54.6 Å². The Kier molecular flexibility index (Phi) is 2.94. The van der Waals surface area contributed by atoms with Gasteiger partial charge in [0.15, 0.2) is 0 Å². The second-order valence-electron chi connectivity index (χ2n) is 5.13. The monoisotopic (exact) mass is 264 g/mol. The average Bonchev–Trinajstić information content (AvgIpc) is 2.77. The van der Waals surface area contributed by atoms with Gasteiger partial charge in [-0.3, -0.25) is 4.79 Å². The Bertz CT molecular complexity index is 640. The first-order valence-corrected chi connectivity index (χ1v) is 6.75. The van der Waals surface area contributed by atoms with Crippen molar-refractivity contribution in [2.75, 3.05) is 0 Å². The summed E-state index contributed by atoms with van der Waals surface area (Å²) in [4.78, 5) is 12.1. The number of aliphatic carboxylic acids is 1. The number of allylic oxidation sites excluding steroid dienone is 1. The summed E-state index contributed by atoms with van der Waals surface area (Å²) in [6.45, 7) is 3.73. The molecule has 0 saturated heterocycles. The van der Waals surface area contributed by atoms with Gasteiger partial charge in [0.2, 0.25) is 0 Å². The normalized spacial score (nSPS) is 14.4. The fourth-order valence-electron chi connectivity index (χ4n) is 3.25. The van der Waals surface area contributed by atoms with Gasteiger partial charge in [-0.15, -0.1) is 6.58 Å². The van der Waals surface area contributed by atoms with Gasteiger partial charge in [0.05, 0.1) is 0 Å². The summed E-state index contributed by atoms with van der Waals surface area (Å²) in [5, 5.41) is 9.95. The van der Waals surface area contributed by atoms with Crippen LogP contribution >= 0.6 is 0 Å². The van der Waals surface area contributed by atoms with Gasteiger partial charge in [0, 0.05) is 0 Å². The van der Waals surface area contributed by atoms with E-state index >= 15 is 0 Å². The molecule has 0 bridgehead atoms. The zero-order valence-corrected chi connectivity index (χ0v) is 11.2. The molecule has 0 atom stereocenters. The van der Waals surface area contributed by atoms with Gasteiger partial charge in [-0.25, -0.2) is 0 Å². The third-order valence-corrected chi connectivity index (χ3v) is 4.15. The SMILES string of the molecule is C=CCCC1(C(=O)O)c2ccccc2-c2ccccc21. The first-order valence-electron chi connectivity index (χ1n) is 6.75. The molecule has 20 heavy (non-hydrogen) atoms. The topological polar surface area (TPSA) is 37.3 Å². The largest absolute Gasteiger partial charge is 0.480 e. The van der Waals surface area contributed by atoms with E-state index in [9.17, 15) is 9.90 Å². The second kappa shape index (κ2) is 4.64. The summed E-state index contributed by atoms with van der Waals surface area (Å²) in [6.07, 6.45) is 3.00. The van der Waals surface area contributed by atoms with Crippen LogP contribution in [0.15, 0.2) is 61.2 Å². The smallest absolute Gasteiger partial charge is 0.318 e. The number of hydrogen-bond acceptors (Lipinski definition) is 1. The molecule has 0 unspecified atom stereocenters. The fourth-order valence-corrected chi connectivity index (χ4v) is 3.25. The van der Waals surface area contributed by atoms with Crippen molar-refractivity contribution in [1.82, 2.24) is 0 Å². The minimum absolute atomic E-state index is 0.542. The molecule has 2 aromatic carbocycles. The summed E-state index contributed by atoms with van der Waals surface area (Å²) >= 11 is 0. The number of carboxylic acid groups (broad SMARTS) is 1. The Morgan fingerprint density at radius 2 is 1.55 bits per heavy atom. The molecule has 2 nitrogen and oxygen atoms in total. The van der Waals surface area contributed by atoms with Gasteiger partial charge in [0.25, 0.3) is 0 Å². The van der Waals surface area contributed by atoms with Crippen LogP contribution in [0.2, 0.25) is 0 Å². The van der Waals surface area contributed by atoms with Crippen LogP contribution in [0.25, 0.3) is 11.1 Å². The van der Waals surface area contributed by atoms with E-state index in [2.05, 4.69) is 6.58 Å². The summed E-state index contributed by atoms with van der Waals surface area (Å²) in [5.41, 5.74) is 2.93. The average molecular weight is 264 g/mol. The highest BCUT2D eigenvalue weighted by Gasteiger charge is 2.48. The van der Waals surface area contributed by atoms with Crippen LogP contribution in [0.4, 0.5) is 0 Å². The number of carboxylic acids is 1. The van der Waals surface area contributed by atoms with Crippen LogP contribution in [-0.2, 0) is 10.2 Å². The van der Waals surface area contributed by atoms with Gasteiger partial charge in [-0.2, -0.15) is 0 Å². The highest BCUT2D eigenvalue weighted by molar-refractivity contribution is 5.97. The minimum atomic E-state index is -0.943. The number of rotatable bonds is 4. The van der Waals surface area contributed by atoms with Gasteiger partial charge < -0.3 is 5.11 Å². The van der Waals surface area contributed by atoms with E-state index in [-0.39, 0.29) is 0 Å². The zero-order valence-electron chi connectivity index (χ0n) is 11.2. The van der Waals surface area contributed by atoms with Crippen LogP contribution in [0.1, 0.15) is 24.0 Å². The van der Waals surface area contributed by atoms with E-state index in [1.165, 1.54) is 0 Å². The molecule has 1 aliphatic carbocycles. The molecule has 1 N–H and O–H groups in total. The standard InChI is InChI=1S/C18H16O2/c1-2-3-12-18(17(19)20)15-10-6-4-8-13(15)14-9-5-7-11-16(14)18/h2,4-11H,1,3,12H2,(H,19,20). The lowest BCUT2D eigenvalue weighted by molar-refractivity contribution is -0.142. The maximum Gasteiger partial charge on any atom is 0.318 e. The molecule has 0 saturated carbocycles. The third kappa shape index (κ3) is 1.54. The van der Waals surface area contributed by atoms with Crippen LogP contribution < -0.4 is 0 Å². The number of benzene rings is 2. The maximum absolute atomic E-state index is 12.1. The summed E-state index contributed by atoms with van der Waals surface area (Å²) in [6, 6.07) is 15.6. The Morgan fingerprint density at radius 3 is 2.00 bits per heavy atom. The Labute approximate surface area is 118 Å². The molecule has 0 radical (unpaired) electrons. The molecule has 3 rings (SSSR count). The fraction of sp³-hybridized carbons (Fsp3) is 0.167. The first kappa shape index (κ1) is 12.7. The molecule has 0 heterocycles. The van der Waals surface area contributed by atoms with Gasteiger partial charge in [-0.05, 0) is 35.1 Å². The zero-order chi connectivity index (χ0) is 14.2. The molecule has 0 amide bonds. The maximum atomic E-state index is 12.1. The molecular formula is C18H16O2. The number of carbonyl (C=O) groups is 1. The minimum Gasteiger partial charge on any atom is -0.480 e. The molecule has 0 aromatic heterocycles. The van der Waals surface area contributed by atoms with E-state index in [1.807, 2.05) is 48.5 Å².